The molecule has 2 rings (SSSR count). The third-order valence-corrected chi connectivity index (χ3v) is 3.25. The van der Waals surface area contributed by atoms with Crippen LogP contribution in [0.4, 0.5) is 5.69 Å². The second kappa shape index (κ2) is 3.59. The molecule has 1 aliphatic carbocycles. The first-order chi connectivity index (χ1) is 7.44. The van der Waals surface area contributed by atoms with Gasteiger partial charge in [0.05, 0.1) is 5.54 Å². The summed E-state index contributed by atoms with van der Waals surface area (Å²) in [5.74, 6) is 0.0289. The molecule has 0 saturated heterocycles. The molecule has 0 aromatic heterocycles. The van der Waals surface area contributed by atoms with Crippen molar-refractivity contribution >= 4 is 11.6 Å². The van der Waals surface area contributed by atoms with Crippen LogP contribution in [-0.4, -0.2) is 18.5 Å². The number of likely N-dealkylation sites (N-methyl/N-ethyl adjacent to an activating group) is 1. The zero-order chi connectivity index (χ0) is 11.9. The average Bonchev–Trinajstić information content (AvgIpc) is 2.99. The highest BCUT2D eigenvalue weighted by Gasteiger charge is 2.47. The van der Waals surface area contributed by atoms with E-state index in [0.29, 0.717) is 0 Å². The van der Waals surface area contributed by atoms with Gasteiger partial charge in [0.2, 0.25) is 5.91 Å². The molecule has 86 valence electrons. The lowest BCUT2D eigenvalue weighted by molar-refractivity contribution is -0.120. The van der Waals surface area contributed by atoms with Crippen molar-refractivity contribution in [3.05, 3.63) is 29.3 Å². The van der Waals surface area contributed by atoms with E-state index in [1.807, 2.05) is 32.0 Å². The molecular formula is C13H18N2O. The van der Waals surface area contributed by atoms with Gasteiger partial charge in [-0.25, -0.2) is 0 Å². The molecule has 1 amide bonds. The second-order valence-electron chi connectivity index (χ2n) is 4.81. The molecule has 0 spiro atoms. The first-order valence-electron chi connectivity index (χ1n) is 5.58. The molecule has 1 aromatic rings. The molecule has 1 fully saturated rings. The molecule has 3 heteroatoms. The highest BCUT2D eigenvalue weighted by molar-refractivity contribution is 6.02. The van der Waals surface area contributed by atoms with Gasteiger partial charge in [0.25, 0.3) is 0 Å². The maximum Gasteiger partial charge on any atom is 0.246 e. The molecular weight excluding hydrogens is 200 g/mol. The number of amides is 1. The van der Waals surface area contributed by atoms with E-state index in [4.69, 9.17) is 5.73 Å². The van der Waals surface area contributed by atoms with Gasteiger partial charge in [-0.15, -0.1) is 0 Å². The number of nitrogens with two attached hydrogens (primary N) is 1. The summed E-state index contributed by atoms with van der Waals surface area (Å²) in [6.45, 7) is 4.03. The van der Waals surface area contributed by atoms with Crippen LogP contribution in [0.5, 0.6) is 0 Å². The van der Waals surface area contributed by atoms with E-state index >= 15 is 0 Å². The summed E-state index contributed by atoms with van der Waals surface area (Å²) < 4.78 is 0. The summed E-state index contributed by atoms with van der Waals surface area (Å²) in [4.78, 5) is 13.8. The number of nitrogens with zero attached hydrogens (tertiary/aromatic N) is 1. The molecule has 0 heterocycles. The smallest absolute Gasteiger partial charge is 0.246 e. The Hall–Kier alpha value is -1.35. The van der Waals surface area contributed by atoms with Crippen LogP contribution in [0.15, 0.2) is 18.2 Å². The molecule has 2 N–H and O–H groups in total. The fraction of sp³-hybridized carbons (Fsp3) is 0.462. The predicted octanol–water partition coefficient (Wildman–Crippen LogP) is 1.76. The topological polar surface area (TPSA) is 46.3 Å². The summed E-state index contributed by atoms with van der Waals surface area (Å²) >= 11 is 0. The van der Waals surface area contributed by atoms with Crippen molar-refractivity contribution in [3.8, 4) is 0 Å². The molecule has 0 unspecified atom stereocenters. The van der Waals surface area contributed by atoms with Crippen molar-refractivity contribution in [2.24, 2.45) is 5.73 Å². The number of carbonyl (C=O) groups is 1. The summed E-state index contributed by atoms with van der Waals surface area (Å²) in [6.07, 6.45) is 1.61. The average molecular weight is 218 g/mol. The van der Waals surface area contributed by atoms with Gasteiger partial charge in [-0.1, -0.05) is 12.1 Å². The van der Waals surface area contributed by atoms with Gasteiger partial charge in [0.1, 0.15) is 0 Å². The van der Waals surface area contributed by atoms with Gasteiger partial charge >= 0.3 is 0 Å². The number of anilines is 1. The van der Waals surface area contributed by atoms with Gasteiger partial charge in [0.15, 0.2) is 0 Å². The molecule has 0 radical (unpaired) electrons. The lowest BCUT2D eigenvalue weighted by Crippen LogP contribution is -2.44. The van der Waals surface area contributed by atoms with E-state index in [1.165, 1.54) is 0 Å². The van der Waals surface area contributed by atoms with Crippen LogP contribution in [0.1, 0.15) is 24.0 Å². The van der Waals surface area contributed by atoms with Crippen LogP contribution < -0.4 is 10.6 Å². The van der Waals surface area contributed by atoms with E-state index in [1.54, 1.807) is 11.9 Å². The number of rotatable bonds is 2. The third-order valence-electron chi connectivity index (χ3n) is 3.25. The van der Waals surface area contributed by atoms with Crippen molar-refractivity contribution < 1.29 is 4.79 Å². The Labute approximate surface area is 96.2 Å². The Kier molecular flexibility index (Phi) is 2.50. The van der Waals surface area contributed by atoms with E-state index in [0.717, 1.165) is 29.7 Å². The van der Waals surface area contributed by atoms with Crippen LogP contribution in [0.25, 0.3) is 0 Å². The van der Waals surface area contributed by atoms with E-state index < -0.39 is 5.54 Å². The Morgan fingerprint density at radius 1 is 1.38 bits per heavy atom. The summed E-state index contributed by atoms with van der Waals surface area (Å²) in [7, 11) is 1.80. The van der Waals surface area contributed by atoms with Crippen LogP contribution in [0.3, 0.4) is 0 Å². The zero-order valence-electron chi connectivity index (χ0n) is 10.1. The van der Waals surface area contributed by atoms with Gasteiger partial charge in [0, 0.05) is 12.7 Å². The van der Waals surface area contributed by atoms with E-state index in [9.17, 15) is 4.79 Å². The Bertz CT molecular complexity index is 436. The predicted molar refractivity (Wildman–Crippen MR) is 65.5 cm³/mol. The largest absolute Gasteiger partial charge is 0.317 e. The lowest BCUT2D eigenvalue weighted by Gasteiger charge is -2.23. The van der Waals surface area contributed by atoms with Crippen molar-refractivity contribution in [1.29, 1.82) is 0 Å². The SMILES string of the molecule is Cc1ccc(C)c(N(C)C(=O)C2(N)CC2)c1. The first kappa shape index (κ1) is 11.1. The maximum absolute atomic E-state index is 12.1. The third kappa shape index (κ3) is 1.83. The maximum atomic E-state index is 12.1. The van der Waals surface area contributed by atoms with Crippen molar-refractivity contribution in [2.75, 3.05) is 11.9 Å². The summed E-state index contributed by atoms with van der Waals surface area (Å²) in [5.41, 5.74) is 8.55. The van der Waals surface area contributed by atoms with Crippen molar-refractivity contribution in [2.45, 2.75) is 32.2 Å². The van der Waals surface area contributed by atoms with Crippen molar-refractivity contribution in [1.82, 2.24) is 0 Å². The van der Waals surface area contributed by atoms with E-state index in [2.05, 4.69) is 0 Å². The van der Waals surface area contributed by atoms with Gasteiger partial charge in [-0.05, 0) is 43.9 Å². The summed E-state index contributed by atoms with van der Waals surface area (Å²) in [5, 5.41) is 0. The first-order valence-corrected chi connectivity index (χ1v) is 5.58. The van der Waals surface area contributed by atoms with Crippen LogP contribution in [0.2, 0.25) is 0 Å². The lowest BCUT2D eigenvalue weighted by atomic mass is 10.1. The molecule has 0 aliphatic heterocycles. The number of carbonyl (C=O) groups excluding carboxylic acids is 1. The molecule has 1 aliphatic rings. The fourth-order valence-electron chi connectivity index (χ4n) is 1.87. The van der Waals surface area contributed by atoms with Crippen LogP contribution in [-0.2, 0) is 4.79 Å². The van der Waals surface area contributed by atoms with Gasteiger partial charge in [-0.2, -0.15) is 0 Å². The second-order valence-corrected chi connectivity index (χ2v) is 4.81. The Morgan fingerprint density at radius 2 is 2.00 bits per heavy atom. The highest BCUT2D eigenvalue weighted by atomic mass is 16.2. The minimum atomic E-state index is -0.592. The normalized spacial score (nSPS) is 17.0. The van der Waals surface area contributed by atoms with Gasteiger partial charge < -0.3 is 10.6 Å². The molecule has 3 nitrogen and oxygen atoms in total. The quantitative estimate of drug-likeness (QED) is 0.822. The molecule has 16 heavy (non-hydrogen) atoms. The Morgan fingerprint density at radius 3 is 2.56 bits per heavy atom. The molecule has 0 bridgehead atoms. The number of hydrogen-bond acceptors (Lipinski definition) is 2. The molecule has 1 aromatic carbocycles. The summed E-state index contributed by atoms with van der Waals surface area (Å²) in [6, 6.07) is 6.11. The minimum Gasteiger partial charge on any atom is -0.317 e. The van der Waals surface area contributed by atoms with E-state index in [-0.39, 0.29) is 5.91 Å². The monoisotopic (exact) mass is 218 g/mol. The zero-order valence-corrected chi connectivity index (χ0v) is 10.1. The Balaban J connectivity index is 2.29. The fourth-order valence-corrected chi connectivity index (χ4v) is 1.87. The number of benzene rings is 1. The number of aryl methyl sites for hydroxylation is 2. The molecule has 1 saturated carbocycles. The van der Waals surface area contributed by atoms with Crippen LogP contribution >= 0.6 is 0 Å². The van der Waals surface area contributed by atoms with Crippen LogP contribution in [0, 0.1) is 13.8 Å². The standard InChI is InChI=1S/C13H18N2O/c1-9-4-5-10(2)11(8-9)15(3)12(16)13(14)6-7-13/h4-5,8H,6-7,14H2,1-3H3. The highest BCUT2D eigenvalue weighted by Crippen LogP contribution is 2.35. The van der Waals surface area contributed by atoms with Gasteiger partial charge in [-0.3, -0.25) is 4.79 Å². The van der Waals surface area contributed by atoms with Crippen molar-refractivity contribution in [3.63, 3.8) is 0 Å². The minimum absolute atomic E-state index is 0.0289. The number of hydrogen-bond donors (Lipinski definition) is 1. The molecule has 0 atom stereocenters.